The Morgan fingerprint density at radius 3 is 2.90 bits per heavy atom. The van der Waals surface area contributed by atoms with Crippen LogP contribution in [0.25, 0.3) is 5.70 Å². The Kier molecular flexibility index (Phi) is 2.12. The van der Waals surface area contributed by atoms with E-state index in [9.17, 15) is 0 Å². The lowest BCUT2D eigenvalue weighted by molar-refractivity contribution is 1.15. The molecular weight excluding hydrogens is 142 g/mol. The van der Waals surface area contributed by atoms with E-state index in [1.54, 1.807) is 11.3 Å². The third-order valence-electron chi connectivity index (χ3n) is 1.42. The van der Waals surface area contributed by atoms with Crippen molar-refractivity contribution in [1.82, 2.24) is 0 Å². The van der Waals surface area contributed by atoms with Crippen LogP contribution in [0.15, 0.2) is 18.0 Å². The molecule has 0 aliphatic rings. The van der Waals surface area contributed by atoms with Crippen LogP contribution in [0.3, 0.4) is 0 Å². The molecule has 0 bridgehead atoms. The van der Waals surface area contributed by atoms with Gasteiger partial charge in [-0.25, -0.2) is 0 Å². The van der Waals surface area contributed by atoms with Crippen LogP contribution in [0.5, 0.6) is 0 Å². The summed E-state index contributed by atoms with van der Waals surface area (Å²) in [6.07, 6.45) is 1.04. The Bertz CT molecular complexity index is 237. The summed E-state index contributed by atoms with van der Waals surface area (Å²) in [4.78, 5) is 1.14. The second-order valence-electron chi connectivity index (χ2n) is 2.15. The van der Waals surface area contributed by atoms with Crippen LogP contribution >= 0.6 is 11.3 Å². The maximum atomic E-state index is 5.55. The fourth-order valence-electron chi connectivity index (χ4n) is 0.896. The van der Waals surface area contributed by atoms with Crippen LogP contribution < -0.4 is 5.73 Å². The van der Waals surface area contributed by atoms with Gasteiger partial charge in [0, 0.05) is 5.70 Å². The number of nitrogens with two attached hydrogens (primary N) is 1. The third-order valence-corrected chi connectivity index (χ3v) is 2.45. The molecule has 0 amide bonds. The first-order valence-electron chi connectivity index (χ1n) is 3.26. The highest BCUT2D eigenvalue weighted by atomic mass is 32.1. The Morgan fingerprint density at radius 2 is 2.50 bits per heavy atom. The van der Waals surface area contributed by atoms with E-state index < -0.39 is 0 Å². The van der Waals surface area contributed by atoms with Gasteiger partial charge in [-0.2, -0.15) is 0 Å². The van der Waals surface area contributed by atoms with E-state index in [2.05, 4.69) is 19.6 Å². The fraction of sp³-hybridized carbons (Fsp3) is 0.250. The molecule has 2 N–H and O–H groups in total. The van der Waals surface area contributed by atoms with Crippen molar-refractivity contribution >= 4 is 17.0 Å². The fourth-order valence-corrected chi connectivity index (χ4v) is 1.78. The maximum Gasteiger partial charge on any atom is 0.0525 e. The second-order valence-corrected chi connectivity index (χ2v) is 3.07. The molecule has 0 aromatic carbocycles. The Morgan fingerprint density at radius 1 is 1.80 bits per heavy atom. The van der Waals surface area contributed by atoms with E-state index in [1.807, 2.05) is 5.38 Å². The average molecular weight is 153 g/mol. The minimum absolute atomic E-state index is 0.687. The van der Waals surface area contributed by atoms with Gasteiger partial charge in [-0.1, -0.05) is 13.5 Å². The van der Waals surface area contributed by atoms with Gasteiger partial charge in [0.2, 0.25) is 0 Å². The molecular formula is C8H11NS. The molecule has 0 aliphatic carbocycles. The Hall–Kier alpha value is -0.760. The largest absolute Gasteiger partial charge is 0.398 e. The minimum atomic E-state index is 0.687. The van der Waals surface area contributed by atoms with E-state index >= 15 is 0 Å². The number of rotatable bonds is 2. The quantitative estimate of drug-likeness (QED) is 0.692. The van der Waals surface area contributed by atoms with Gasteiger partial charge < -0.3 is 5.73 Å². The molecule has 0 fully saturated rings. The highest BCUT2D eigenvalue weighted by molar-refractivity contribution is 7.11. The smallest absolute Gasteiger partial charge is 0.0525 e. The molecule has 1 aromatic rings. The standard InChI is InChI=1S/C8H11NS/c1-3-7-4-5-10-8(7)6(2)9/h4-5H,2-3,9H2,1H3. The van der Waals surface area contributed by atoms with E-state index in [-0.39, 0.29) is 0 Å². The van der Waals surface area contributed by atoms with Crippen LogP contribution in [-0.2, 0) is 6.42 Å². The molecule has 0 spiro atoms. The average Bonchev–Trinajstić information content (AvgIpc) is 2.33. The number of hydrogen-bond acceptors (Lipinski definition) is 2. The third kappa shape index (κ3) is 1.21. The normalized spacial score (nSPS) is 9.70. The highest BCUT2D eigenvalue weighted by Gasteiger charge is 2.01. The molecule has 2 heteroatoms. The predicted molar refractivity (Wildman–Crippen MR) is 46.9 cm³/mol. The van der Waals surface area contributed by atoms with Crippen molar-refractivity contribution in [3.8, 4) is 0 Å². The molecule has 1 aromatic heterocycles. The van der Waals surface area contributed by atoms with E-state index in [0.29, 0.717) is 5.70 Å². The van der Waals surface area contributed by atoms with Crippen molar-refractivity contribution in [2.75, 3.05) is 0 Å². The zero-order valence-electron chi connectivity index (χ0n) is 6.05. The summed E-state index contributed by atoms with van der Waals surface area (Å²) in [6, 6.07) is 2.10. The summed E-state index contributed by atoms with van der Waals surface area (Å²) in [5.74, 6) is 0. The van der Waals surface area contributed by atoms with Crippen molar-refractivity contribution in [1.29, 1.82) is 0 Å². The zero-order valence-corrected chi connectivity index (χ0v) is 6.87. The van der Waals surface area contributed by atoms with Gasteiger partial charge in [-0.3, -0.25) is 0 Å². The summed E-state index contributed by atoms with van der Waals surface area (Å²) >= 11 is 1.66. The molecule has 1 rings (SSSR count). The summed E-state index contributed by atoms with van der Waals surface area (Å²) in [5, 5.41) is 2.05. The first kappa shape index (κ1) is 7.35. The molecule has 0 saturated heterocycles. The molecule has 10 heavy (non-hydrogen) atoms. The lowest BCUT2D eigenvalue weighted by Crippen LogP contribution is -1.93. The first-order chi connectivity index (χ1) is 4.75. The Labute approximate surface area is 65.2 Å². The number of thiophene rings is 1. The van der Waals surface area contributed by atoms with Crippen LogP contribution in [0.2, 0.25) is 0 Å². The molecule has 0 atom stereocenters. The summed E-state index contributed by atoms with van der Waals surface area (Å²) in [7, 11) is 0. The highest BCUT2D eigenvalue weighted by Crippen LogP contribution is 2.21. The second kappa shape index (κ2) is 2.88. The lowest BCUT2D eigenvalue weighted by Gasteiger charge is -1.97. The van der Waals surface area contributed by atoms with Gasteiger partial charge in [-0.15, -0.1) is 11.3 Å². The summed E-state index contributed by atoms with van der Waals surface area (Å²) in [5.41, 5.74) is 7.54. The number of aryl methyl sites for hydroxylation is 1. The zero-order chi connectivity index (χ0) is 7.56. The van der Waals surface area contributed by atoms with Crippen LogP contribution in [0, 0.1) is 0 Å². The van der Waals surface area contributed by atoms with Crippen molar-refractivity contribution < 1.29 is 0 Å². The minimum Gasteiger partial charge on any atom is -0.398 e. The topological polar surface area (TPSA) is 26.0 Å². The Balaban J connectivity index is 3.01. The van der Waals surface area contributed by atoms with Gasteiger partial charge in [0.15, 0.2) is 0 Å². The van der Waals surface area contributed by atoms with E-state index in [1.165, 1.54) is 5.56 Å². The van der Waals surface area contributed by atoms with Crippen LogP contribution in [0.1, 0.15) is 17.4 Å². The summed E-state index contributed by atoms with van der Waals surface area (Å²) < 4.78 is 0. The van der Waals surface area contributed by atoms with Crippen molar-refractivity contribution in [3.05, 3.63) is 28.5 Å². The molecule has 0 unspecified atom stereocenters. The molecule has 0 saturated carbocycles. The van der Waals surface area contributed by atoms with Gasteiger partial charge in [0.25, 0.3) is 0 Å². The molecule has 1 nitrogen and oxygen atoms in total. The van der Waals surface area contributed by atoms with Crippen molar-refractivity contribution in [2.24, 2.45) is 5.73 Å². The first-order valence-corrected chi connectivity index (χ1v) is 4.14. The van der Waals surface area contributed by atoms with E-state index in [4.69, 9.17) is 5.73 Å². The number of hydrogen-bond donors (Lipinski definition) is 1. The molecule has 0 radical (unpaired) electrons. The molecule has 0 aliphatic heterocycles. The van der Waals surface area contributed by atoms with E-state index in [0.717, 1.165) is 11.3 Å². The lowest BCUT2D eigenvalue weighted by atomic mass is 10.2. The van der Waals surface area contributed by atoms with Crippen molar-refractivity contribution in [2.45, 2.75) is 13.3 Å². The molecule has 54 valence electrons. The summed E-state index contributed by atoms with van der Waals surface area (Å²) in [6.45, 7) is 5.81. The van der Waals surface area contributed by atoms with Crippen LogP contribution in [-0.4, -0.2) is 0 Å². The SMILES string of the molecule is C=C(N)c1sccc1CC. The molecule has 1 heterocycles. The van der Waals surface area contributed by atoms with Gasteiger partial charge in [0.1, 0.15) is 0 Å². The van der Waals surface area contributed by atoms with Gasteiger partial charge >= 0.3 is 0 Å². The van der Waals surface area contributed by atoms with Gasteiger partial charge in [0.05, 0.1) is 4.88 Å². The van der Waals surface area contributed by atoms with Gasteiger partial charge in [-0.05, 0) is 23.4 Å². The maximum absolute atomic E-state index is 5.55. The van der Waals surface area contributed by atoms with Crippen LogP contribution in [0.4, 0.5) is 0 Å². The monoisotopic (exact) mass is 153 g/mol. The predicted octanol–water partition coefficient (Wildman–Crippen LogP) is 2.24. The van der Waals surface area contributed by atoms with Crippen molar-refractivity contribution in [3.63, 3.8) is 0 Å².